The number of aliphatic hydroxyl groups excluding tert-OH is 1. The van der Waals surface area contributed by atoms with Crippen LogP contribution in [0.4, 0.5) is 0 Å². The molecular weight excluding hydrogens is 368 g/mol. The van der Waals surface area contributed by atoms with Gasteiger partial charge < -0.3 is 19.9 Å². The zero-order valence-corrected chi connectivity index (χ0v) is 17.7. The van der Waals surface area contributed by atoms with E-state index in [4.69, 9.17) is 9.47 Å². The predicted molar refractivity (Wildman–Crippen MR) is 114 cm³/mol. The lowest BCUT2D eigenvalue weighted by Crippen LogP contribution is -2.44. The van der Waals surface area contributed by atoms with Gasteiger partial charge in [0.15, 0.2) is 11.5 Å². The smallest absolute Gasteiger partial charge is 0.220 e. The van der Waals surface area contributed by atoms with Crippen LogP contribution in [0, 0.1) is 0 Å². The standard InChI is InChI=1S/C23H36N2O4/c1-2-3-4-5-6-7-23(27)24-19(16-25-11-10-20(26)17-25)14-18-8-9-21-22(15-18)29-13-12-28-21/h8-9,15,19-20,26H,2-7,10-14,16-17H2,1H3,(H,24,27)/t19-,20+/m0/s1. The lowest BCUT2D eigenvalue weighted by atomic mass is 10.0. The summed E-state index contributed by atoms with van der Waals surface area (Å²) < 4.78 is 11.3. The number of hydrogen-bond acceptors (Lipinski definition) is 5. The summed E-state index contributed by atoms with van der Waals surface area (Å²) >= 11 is 0. The topological polar surface area (TPSA) is 71.0 Å². The van der Waals surface area contributed by atoms with Crippen molar-refractivity contribution in [2.45, 2.75) is 70.4 Å². The van der Waals surface area contributed by atoms with Crippen molar-refractivity contribution in [3.63, 3.8) is 0 Å². The molecule has 0 aromatic heterocycles. The number of fused-ring (bicyclic) bond motifs is 1. The lowest BCUT2D eigenvalue weighted by Gasteiger charge is -2.25. The Morgan fingerprint density at radius 3 is 2.76 bits per heavy atom. The molecule has 1 fully saturated rings. The van der Waals surface area contributed by atoms with E-state index in [1.165, 1.54) is 19.3 Å². The number of hydrogen-bond donors (Lipinski definition) is 2. The number of rotatable bonds is 11. The van der Waals surface area contributed by atoms with Crippen molar-refractivity contribution in [3.05, 3.63) is 23.8 Å². The van der Waals surface area contributed by atoms with Crippen LogP contribution in [-0.4, -0.2) is 60.9 Å². The van der Waals surface area contributed by atoms with Crippen LogP contribution in [0.3, 0.4) is 0 Å². The zero-order chi connectivity index (χ0) is 20.5. The molecule has 0 saturated carbocycles. The molecule has 6 heteroatoms. The van der Waals surface area contributed by atoms with Crippen LogP contribution in [0.5, 0.6) is 11.5 Å². The summed E-state index contributed by atoms with van der Waals surface area (Å²) in [5.74, 6) is 1.70. The molecule has 1 aromatic rings. The van der Waals surface area contributed by atoms with E-state index in [0.29, 0.717) is 26.2 Å². The minimum atomic E-state index is -0.251. The average molecular weight is 405 g/mol. The van der Waals surface area contributed by atoms with Crippen LogP contribution in [0.1, 0.15) is 57.4 Å². The van der Waals surface area contributed by atoms with E-state index in [2.05, 4.69) is 23.2 Å². The number of nitrogens with zero attached hydrogens (tertiary/aromatic N) is 1. The molecule has 2 atom stereocenters. The Morgan fingerprint density at radius 2 is 2.00 bits per heavy atom. The fourth-order valence-electron chi connectivity index (χ4n) is 4.14. The molecule has 162 valence electrons. The maximum Gasteiger partial charge on any atom is 0.220 e. The van der Waals surface area contributed by atoms with Gasteiger partial charge in [-0.2, -0.15) is 0 Å². The molecule has 2 aliphatic heterocycles. The number of nitrogens with one attached hydrogen (secondary N) is 1. The van der Waals surface area contributed by atoms with Gasteiger partial charge in [-0.1, -0.05) is 38.7 Å². The number of likely N-dealkylation sites (tertiary alicyclic amines) is 1. The highest BCUT2D eigenvalue weighted by atomic mass is 16.6. The highest BCUT2D eigenvalue weighted by molar-refractivity contribution is 5.76. The predicted octanol–water partition coefficient (Wildman–Crippen LogP) is 2.91. The SMILES string of the molecule is CCCCCCCC(=O)N[C@@H](Cc1ccc2c(c1)OCCO2)CN1CC[C@@H](O)C1. The fourth-order valence-corrected chi connectivity index (χ4v) is 4.14. The summed E-state index contributed by atoms with van der Waals surface area (Å²) in [6, 6.07) is 6.05. The highest BCUT2D eigenvalue weighted by Crippen LogP contribution is 2.31. The molecule has 1 saturated heterocycles. The van der Waals surface area contributed by atoms with Crippen LogP contribution in [0.25, 0.3) is 0 Å². The van der Waals surface area contributed by atoms with Gasteiger partial charge in [-0.15, -0.1) is 0 Å². The normalized spacial score (nSPS) is 19.9. The van der Waals surface area contributed by atoms with E-state index in [0.717, 1.165) is 55.8 Å². The first-order valence-corrected chi connectivity index (χ1v) is 11.2. The second-order valence-corrected chi connectivity index (χ2v) is 8.31. The largest absolute Gasteiger partial charge is 0.486 e. The summed E-state index contributed by atoms with van der Waals surface area (Å²) in [6.07, 6.45) is 7.61. The van der Waals surface area contributed by atoms with Crippen LogP contribution >= 0.6 is 0 Å². The Balaban J connectivity index is 1.56. The number of β-amino-alcohol motifs (C(OH)–C–C–N with tert-alkyl or cyclic N) is 1. The molecular formula is C23H36N2O4. The Hall–Kier alpha value is -1.79. The van der Waals surface area contributed by atoms with Crippen molar-refractivity contribution in [1.82, 2.24) is 10.2 Å². The second-order valence-electron chi connectivity index (χ2n) is 8.31. The van der Waals surface area contributed by atoms with E-state index >= 15 is 0 Å². The Kier molecular flexibility index (Phi) is 8.62. The van der Waals surface area contributed by atoms with Gasteiger partial charge in [-0.05, 0) is 37.0 Å². The average Bonchev–Trinajstić information content (AvgIpc) is 3.12. The van der Waals surface area contributed by atoms with Gasteiger partial charge in [0, 0.05) is 32.1 Å². The summed E-state index contributed by atoms with van der Waals surface area (Å²) in [7, 11) is 0. The van der Waals surface area contributed by atoms with Crippen LogP contribution < -0.4 is 14.8 Å². The maximum absolute atomic E-state index is 12.5. The van der Waals surface area contributed by atoms with Crippen molar-refractivity contribution in [2.24, 2.45) is 0 Å². The number of amides is 1. The van der Waals surface area contributed by atoms with Crippen molar-refractivity contribution >= 4 is 5.91 Å². The first-order chi connectivity index (χ1) is 14.1. The molecule has 0 radical (unpaired) electrons. The van der Waals surface area contributed by atoms with Crippen molar-refractivity contribution in [1.29, 1.82) is 0 Å². The van der Waals surface area contributed by atoms with Gasteiger partial charge in [-0.25, -0.2) is 0 Å². The van der Waals surface area contributed by atoms with Gasteiger partial charge >= 0.3 is 0 Å². The maximum atomic E-state index is 12.5. The number of ether oxygens (including phenoxy) is 2. The van der Waals surface area contributed by atoms with Crippen molar-refractivity contribution in [3.8, 4) is 11.5 Å². The van der Waals surface area contributed by atoms with Gasteiger partial charge in [0.25, 0.3) is 0 Å². The second kappa shape index (κ2) is 11.4. The van der Waals surface area contributed by atoms with E-state index in [-0.39, 0.29) is 18.1 Å². The molecule has 0 bridgehead atoms. The molecule has 29 heavy (non-hydrogen) atoms. The number of carbonyl (C=O) groups excluding carboxylic acids is 1. The van der Waals surface area contributed by atoms with Gasteiger partial charge in [-0.3, -0.25) is 9.69 Å². The number of benzene rings is 1. The monoisotopic (exact) mass is 404 g/mol. The Morgan fingerprint density at radius 1 is 1.21 bits per heavy atom. The molecule has 2 aliphatic rings. The molecule has 3 rings (SSSR count). The minimum absolute atomic E-state index is 0.0194. The summed E-state index contributed by atoms with van der Waals surface area (Å²) in [5, 5.41) is 13.1. The number of aliphatic hydroxyl groups is 1. The molecule has 2 N–H and O–H groups in total. The van der Waals surface area contributed by atoms with Gasteiger partial charge in [0.05, 0.1) is 6.10 Å². The highest BCUT2D eigenvalue weighted by Gasteiger charge is 2.24. The van der Waals surface area contributed by atoms with Crippen LogP contribution in [0.2, 0.25) is 0 Å². The van der Waals surface area contributed by atoms with E-state index in [1.807, 2.05) is 12.1 Å². The quantitative estimate of drug-likeness (QED) is 0.555. The summed E-state index contributed by atoms with van der Waals surface area (Å²) in [6.45, 7) is 5.68. The lowest BCUT2D eigenvalue weighted by molar-refractivity contribution is -0.122. The number of carbonyl (C=O) groups is 1. The third kappa shape index (κ3) is 7.19. The first-order valence-electron chi connectivity index (χ1n) is 11.2. The first kappa shape index (κ1) is 21.9. The molecule has 0 aliphatic carbocycles. The molecule has 1 aromatic carbocycles. The minimum Gasteiger partial charge on any atom is -0.486 e. The molecule has 1 amide bonds. The van der Waals surface area contributed by atoms with E-state index in [1.54, 1.807) is 0 Å². The van der Waals surface area contributed by atoms with Gasteiger partial charge in [0.1, 0.15) is 13.2 Å². The van der Waals surface area contributed by atoms with Gasteiger partial charge in [0.2, 0.25) is 5.91 Å². The molecule has 0 spiro atoms. The van der Waals surface area contributed by atoms with Crippen LogP contribution in [0.15, 0.2) is 18.2 Å². The van der Waals surface area contributed by atoms with E-state index < -0.39 is 0 Å². The molecule has 6 nitrogen and oxygen atoms in total. The fraction of sp³-hybridized carbons (Fsp3) is 0.696. The zero-order valence-electron chi connectivity index (χ0n) is 17.7. The molecule has 2 heterocycles. The Labute approximate surface area is 174 Å². The van der Waals surface area contributed by atoms with Crippen molar-refractivity contribution < 1.29 is 19.4 Å². The third-order valence-corrected chi connectivity index (χ3v) is 5.69. The molecule has 0 unspecified atom stereocenters. The van der Waals surface area contributed by atoms with E-state index in [9.17, 15) is 9.90 Å². The summed E-state index contributed by atoms with van der Waals surface area (Å²) in [5.41, 5.74) is 1.13. The number of unbranched alkanes of at least 4 members (excludes halogenated alkanes) is 4. The van der Waals surface area contributed by atoms with Crippen LogP contribution in [-0.2, 0) is 11.2 Å². The summed E-state index contributed by atoms with van der Waals surface area (Å²) in [4.78, 5) is 14.8. The van der Waals surface area contributed by atoms with Crippen molar-refractivity contribution in [2.75, 3.05) is 32.8 Å². The third-order valence-electron chi connectivity index (χ3n) is 5.69. The Bertz CT molecular complexity index is 652.